The number of hydrogen-bond donors (Lipinski definition) is 5. The van der Waals surface area contributed by atoms with E-state index in [2.05, 4.69) is 16.0 Å². The predicted molar refractivity (Wildman–Crippen MR) is 52.0 cm³/mol. The van der Waals surface area contributed by atoms with Crippen LogP contribution in [-0.4, -0.2) is 53.4 Å². The van der Waals surface area contributed by atoms with Crippen LogP contribution in [0.3, 0.4) is 0 Å². The van der Waals surface area contributed by atoms with Crippen LogP contribution in [0, 0.1) is 0 Å². The summed E-state index contributed by atoms with van der Waals surface area (Å²) >= 11 is 0. The Kier molecular flexibility index (Phi) is 4.06. The number of rotatable bonds is 4. The first-order valence-electron chi connectivity index (χ1n) is 4.71. The second kappa shape index (κ2) is 5.31. The van der Waals surface area contributed by atoms with Gasteiger partial charge in [-0.2, -0.15) is 0 Å². The van der Waals surface area contributed by atoms with Gasteiger partial charge in [0.25, 0.3) is 0 Å². The van der Waals surface area contributed by atoms with Crippen molar-refractivity contribution in [2.75, 3.05) is 13.1 Å². The molecule has 0 radical (unpaired) electrons. The quantitative estimate of drug-likeness (QED) is 0.388. The number of carboxylic acids is 2. The number of carbonyl (C=O) groups excluding carboxylic acids is 1. The number of carbonyl (C=O) groups is 3. The van der Waals surface area contributed by atoms with Crippen molar-refractivity contribution in [2.45, 2.75) is 18.5 Å². The minimum absolute atomic E-state index is 0.288. The molecule has 16 heavy (non-hydrogen) atoms. The van der Waals surface area contributed by atoms with Crippen molar-refractivity contribution in [3.63, 3.8) is 0 Å². The Bertz CT molecular complexity index is 306. The molecule has 0 aromatic rings. The smallest absolute Gasteiger partial charge is 0.323 e. The summed E-state index contributed by atoms with van der Waals surface area (Å²) in [5, 5.41) is 24.3. The molecule has 1 heterocycles. The summed E-state index contributed by atoms with van der Waals surface area (Å²) < 4.78 is 0. The van der Waals surface area contributed by atoms with Crippen molar-refractivity contribution in [3.05, 3.63) is 0 Å². The summed E-state index contributed by atoms with van der Waals surface area (Å²) in [7, 11) is 0. The summed E-state index contributed by atoms with van der Waals surface area (Å²) in [4.78, 5) is 31.8. The van der Waals surface area contributed by atoms with E-state index in [1.807, 2.05) is 0 Å². The Morgan fingerprint density at radius 1 is 1.31 bits per heavy atom. The number of carboxylic acid groups (broad SMARTS) is 2. The molecule has 0 aliphatic carbocycles. The number of hydrogen-bond acceptors (Lipinski definition) is 4. The van der Waals surface area contributed by atoms with E-state index >= 15 is 0 Å². The van der Waals surface area contributed by atoms with Gasteiger partial charge in [0.05, 0.1) is 0 Å². The number of amides is 2. The molecule has 1 rings (SSSR count). The topological polar surface area (TPSA) is 128 Å². The lowest BCUT2D eigenvalue weighted by Crippen LogP contribution is -2.44. The van der Waals surface area contributed by atoms with Gasteiger partial charge in [-0.1, -0.05) is 0 Å². The molecule has 0 aromatic carbocycles. The van der Waals surface area contributed by atoms with E-state index in [0.29, 0.717) is 6.54 Å². The lowest BCUT2D eigenvalue weighted by Gasteiger charge is -2.11. The van der Waals surface area contributed by atoms with Crippen molar-refractivity contribution in [1.82, 2.24) is 16.0 Å². The molecule has 0 unspecified atom stereocenters. The molecule has 0 saturated carbocycles. The van der Waals surface area contributed by atoms with Crippen molar-refractivity contribution >= 4 is 18.0 Å². The Balaban J connectivity index is 2.26. The van der Waals surface area contributed by atoms with E-state index < -0.39 is 30.6 Å². The second-order valence-electron chi connectivity index (χ2n) is 3.45. The van der Waals surface area contributed by atoms with Gasteiger partial charge in [-0.25, -0.2) is 4.79 Å². The average molecular weight is 231 g/mol. The van der Waals surface area contributed by atoms with Crippen LogP contribution in [-0.2, 0) is 9.59 Å². The highest BCUT2D eigenvalue weighted by molar-refractivity contribution is 5.80. The Morgan fingerprint density at radius 3 is 2.50 bits per heavy atom. The third-order valence-electron chi connectivity index (χ3n) is 2.16. The predicted octanol–water partition coefficient (Wildman–Crippen LogP) is -1.81. The molecule has 0 spiro atoms. The van der Waals surface area contributed by atoms with Crippen molar-refractivity contribution in [1.29, 1.82) is 0 Å². The van der Waals surface area contributed by atoms with Crippen LogP contribution in [0.4, 0.5) is 4.79 Å². The summed E-state index contributed by atoms with van der Waals surface area (Å²) in [6.45, 7) is -0.105. The van der Waals surface area contributed by atoms with Gasteiger partial charge in [0.1, 0.15) is 12.6 Å². The fraction of sp³-hybridized carbons (Fsp3) is 0.625. The van der Waals surface area contributed by atoms with Gasteiger partial charge in [-0.15, -0.1) is 0 Å². The molecular formula is C8H13N3O5. The van der Waals surface area contributed by atoms with Gasteiger partial charge in [0.2, 0.25) is 0 Å². The first-order valence-corrected chi connectivity index (χ1v) is 4.71. The van der Waals surface area contributed by atoms with E-state index in [1.165, 1.54) is 0 Å². The molecule has 90 valence electrons. The lowest BCUT2D eigenvalue weighted by atomic mass is 10.2. The molecule has 5 N–H and O–H groups in total. The van der Waals surface area contributed by atoms with Crippen molar-refractivity contribution in [2.24, 2.45) is 0 Å². The maximum absolute atomic E-state index is 11.1. The maximum Gasteiger partial charge on any atom is 0.323 e. The van der Waals surface area contributed by atoms with Gasteiger partial charge in [-0.3, -0.25) is 9.59 Å². The fourth-order valence-corrected chi connectivity index (χ4v) is 1.43. The number of urea groups is 1. The lowest BCUT2D eigenvalue weighted by molar-refractivity contribution is -0.139. The molecule has 1 aliphatic rings. The van der Waals surface area contributed by atoms with Gasteiger partial charge >= 0.3 is 18.0 Å². The highest BCUT2D eigenvalue weighted by Crippen LogP contribution is 2.06. The summed E-state index contributed by atoms with van der Waals surface area (Å²) in [5.41, 5.74) is 0. The van der Waals surface area contributed by atoms with Crippen LogP contribution in [0.1, 0.15) is 6.42 Å². The molecule has 2 atom stereocenters. The Labute approximate surface area is 91.0 Å². The molecule has 0 aromatic heterocycles. The third kappa shape index (κ3) is 3.73. The number of nitrogens with one attached hydrogen (secondary N) is 3. The second-order valence-corrected chi connectivity index (χ2v) is 3.45. The van der Waals surface area contributed by atoms with E-state index in [1.54, 1.807) is 0 Å². The SMILES string of the molecule is O=C(O)CNC(=O)N[C@H]1CN[C@@H](C(=O)O)C1. The van der Waals surface area contributed by atoms with Crippen LogP contribution in [0.2, 0.25) is 0 Å². The first kappa shape index (κ1) is 12.2. The van der Waals surface area contributed by atoms with Crippen LogP contribution < -0.4 is 16.0 Å². The Morgan fingerprint density at radius 2 is 2.00 bits per heavy atom. The average Bonchev–Trinajstić information content (AvgIpc) is 2.63. The van der Waals surface area contributed by atoms with E-state index in [4.69, 9.17) is 10.2 Å². The largest absolute Gasteiger partial charge is 0.480 e. The highest BCUT2D eigenvalue weighted by Gasteiger charge is 2.29. The van der Waals surface area contributed by atoms with E-state index in [9.17, 15) is 14.4 Å². The standard InChI is InChI=1S/C8H13N3O5/c12-6(13)3-10-8(16)11-4-1-5(7(14)15)9-2-4/h4-5,9H,1-3H2,(H,12,13)(H,14,15)(H2,10,11,16)/t4-,5-/m1/s1. The minimum atomic E-state index is -1.14. The molecular weight excluding hydrogens is 218 g/mol. The normalized spacial score (nSPS) is 23.8. The van der Waals surface area contributed by atoms with Crippen LogP contribution in [0.5, 0.6) is 0 Å². The van der Waals surface area contributed by atoms with Crippen molar-refractivity contribution < 1.29 is 24.6 Å². The summed E-state index contributed by atoms with van der Waals surface area (Å²) in [5.74, 6) is -2.10. The van der Waals surface area contributed by atoms with Gasteiger partial charge in [0.15, 0.2) is 0 Å². The van der Waals surface area contributed by atoms with Crippen LogP contribution >= 0.6 is 0 Å². The van der Waals surface area contributed by atoms with E-state index in [0.717, 1.165) is 0 Å². The number of aliphatic carboxylic acids is 2. The van der Waals surface area contributed by atoms with Gasteiger partial charge < -0.3 is 26.2 Å². The van der Waals surface area contributed by atoms with Gasteiger partial charge in [0, 0.05) is 12.6 Å². The van der Waals surface area contributed by atoms with Gasteiger partial charge in [-0.05, 0) is 6.42 Å². The van der Waals surface area contributed by atoms with E-state index in [-0.39, 0.29) is 12.5 Å². The molecule has 2 amide bonds. The molecule has 1 saturated heterocycles. The van der Waals surface area contributed by atoms with Crippen LogP contribution in [0.15, 0.2) is 0 Å². The first-order chi connectivity index (χ1) is 7.49. The zero-order chi connectivity index (χ0) is 12.1. The molecule has 8 nitrogen and oxygen atoms in total. The third-order valence-corrected chi connectivity index (χ3v) is 2.16. The Hall–Kier alpha value is -1.83. The molecule has 0 bridgehead atoms. The monoisotopic (exact) mass is 231 g/mol. The summed E-state index contributed by atoms with van der Waals surface area (Å²) in [6.07, 6.45) is 0.288. The minimum Gasteiger partial charge on any atom is -0.480 e. The fourth-order valence-electron chi connectivity index (χ4n) is 1.43. The zero-order valence-corrected chi connectivity index (χ0v) is 8.40. The zero-order valence-electron chi connectivity index (χ0n) is 8.40. The maximum atomic E-state index is 11.1. The summed E-state index contributed by atoms with van der Waals surface area (Å²) in [6, 6.07) is -1.57. The molecule has 1 fully saturated rings. The molecule has 1 aliphatic heterocycles. The molecule has 8 heteroatoms. The highest BCUT2D eigenvalue weighted by atomic mass is 16.4. The van der Waals surface area contributed by atoms with Crippen LogP contribution in [0.25, 0.3) is 0 Å². The van der Waals surface area contributed by atoms with Crippen molar-refractivity contribution in [3.8, 4) is 0 Å².